The highest BCUT2D eigenvalue weighted by Crippen LogP contribution is 2.31. The van der Waals surface area contributed by atoms with E-state index < -0.39 is 0 Å². The Labute approximate surface area is 173 Å². The number of ether oxygens (including phenoxy) is 1. The average molecular weight is 394 g/mol. The Morgan fingerprint density at radius 1 is 1.28 bits per heavy atom. The van der Waals surface area contributed by atoms with Crippen molar-refractivity contribution in [2.75, 3.05) is 33.8 Å². The molecule has 5 heteroatoms. The second kappa shape index (κ2) is 9.14. The lowest BCUT2D eigenvalue weighted by Gasteiger charge is -2.18. The van der Waals surface area contributed by atoms with E-state index in [1.807, 2.05) is 69.3 Å². The maximum Gasteiger partial charge on any atom is 0.274 e. The average Bonchev–Trinajstić information content (AvgIpc) is 3.31. The molecule has 0 saturated carbocycles. The number of hydrogen-bond acceptors (Lipinski definition) is 3. The van der Waals surface area contributed by atoms with Crippen molar-refractivity contribution in [3.05, 3.63) is 65.0 Å². The molecular formula is C24H31N3O2. The summed E-state index contributed by atoms with van der Waals surface area (Å²) in [6.45, 7) is 8.32. The number of rotatable bonds is 7. The fourth-order valence-electron chi connectivity index (χ4n) is 3.58. The number of carbonyl (C=O) groups excluding carboxylic acids is 1. The number of H-pyrrole nitrogens is 1. The lowest BCUT2D eigenvalue weighted by atomic mass is 10.0. The molecule has 0 fully saturated rings. The Morgan fingerprint density at radius 2 is 2.07 bits per heavy atom. The van der Waals surface area contributed by atoms with Crippen molar-refractivity contribution in [1.29, 1.82) is 0 Å². The SMILES string of the molecule is C/C=C\C1=C(C(/C)=C/C)CCN1C(=O)c1cc2cc(OCCN(C)C)ccc2[nH]1. The first-order valence-corrected chi connectivity index (χ1v) is 10.2. The van der Waals surface area contributed by atoms with Crippen LogP contribution in [0.25, 0.3) is 10.9 Å². The molecule has 0 spiro atoms. The Kier molecular flexibility index (Phi) is 6.60. The van der Waals surface area contributed by atoms with Crippen molar-refractivity contribution in [3.8, 4) is 5.75 Å². The number of nitrogens with zero attached hydrogens (tertiary/aromatic N) is 2. The van der Waals surface area contributed by atoms with Crippen LogP contribution in [0.5, 0.6) is 5.75 Å². The summed E-state index contributed by atoms with van der Waals surface area (Å²) in [6, 6.07) is 7.82. The van der Waals surface area contributed by atoms with E-state index in [4.69, 9.17) is 4.74 Å². The molecule has 1 aliphatic rings. The molecule has 1 aromatic heterocycles. The molecule has 2 aromatic rings. The van der Waals surface area contributed by atoms with E-state index in [2.05, 4.69) is 22.9 Å². The summed E-state index contributed by atoms with van der Waals surface area (Å²) in [5.41, 5.74) is 5.01. The lowest BCUT2D eigenvalue weighted by Crippen LogP contribution is -2.27. The molecule has 1 aromatic carbocycles. The van der Waals surface area contributed by atoms with Gasteiger partial charge in [-0.1, -0.05) is 17.7 Å². The van der Waals surface area contributed by atoms with Gasteiger partial charge in [-0.3, -0.25) is 4.79 Å². The number of fused-ring (bicyclic) bond motifs is 1. The Hall–Kier alpha value is -2.79. The number of nitrogens with one attached hydrogen (secondary N) is 1. The number of allylic oxidation sites excluding steroid dienone is 4. The summed E-state index contributed by atoms with van der Waals surface area (Å²) in [4.78, 5) is 20.5. The van der Waals surface area contributed by atoms with Gasteiger partial charge in [0, 0.05) is 29.7 Å². The Balaban J connectivity index is 1.84. The first-order chi connectivity index (χ1) is 13.9. The molecule has 0 bridgehead atoms. The second-order valence-electron chi connectivity index (χ2n) is 7.63. The number of likely N-dealkylation sites (N-methyl/N-ethyl adjacent to an activating group) is 1. The van der Waals surface area contributed by atoms with E-state index >= 15 is 0 Å². The van der Waals surface area contributed by atoms with Gasteiger partial charge in [-0.15, -0.1) is 0 Å². The predicted molar refractivity (Wildman–Crippen MR) is 119 cm³/mol. The molecule has 1 amide bonds. The van der Waals surface area contributed by atoms with E-state index in [1.165, 1.54) is 11.1 Å². The van der Waals surface area contributed by atoms with Gasteiger partial charge in [0.25, 0.3) is 5.91 Å². The Bertz CT molecular complexity index is 979. The molecule has 0 radical (unpaired) electrons. The standard InChI is InChI=1S/C24H31N3O2/c1-6-8-23-20(17(3)7-2)11-12-27(23)24(28)22-16-18-15-19(9-10-21(18)25-22)29-14-13-26(4)5/h6-10,15-16,25H,11-14H2,1-5H3/b8-6-,17-7+. The monoisotopic (exact) mass is 393 g/mol. The van der Waals surface area contributed by atoms with Gasteiger partial charge < -0.3 is 19.5 Å². The molecular weight excluding hydrogens is 362 g/mol. The highest BCUT2D eigenvalue weighted by Gasteiger charge is 2.28. The third-order valence-electron chi connectivity index (χ3n) is 5.29. The largest absolute Gasteiger partial charge is 0.492 e. The van der Waals surface area contributed by atoms with Crippen LogP contribution in [0.1, 0.15) is 37.7 Å². The molecule has 0 aliphatic carbocycles. The van der Waals surface area contributed by atoms with Crippen LogP contribution in [0.2, 0.25) is 0 Å². The van der Waals surface area contributed by atoms with E-state index in [0.717, 1.165) is 35.3 Å². The van der Waals surface area contributed by atoms with Crippen molar-refractivity contribution >= 4 is 16.8 Å². The van der Waals surface area contributed by atoms with Crippen LogP contribution in [-0.4, -0.2) is 54.5 Å². The van der Waals surface area contributed by atoms with Crippen molar-refractivity contribution < 1.29 is 9.53 Å². The van der Waals surface area contributed by atoms with Gasteiger partial charge in [0.15, 0.2) is 0 Å². The fourth-order valence-corrected chi connectivity index (χ4v) is 3.58. The third-order valence-corrected chi connectivity index (χ3v) is 5.29. The van der Waals surface area contributed by atoms with Crippen LogP contribution in [-0.2, 0) is 0 Å². The highest BCUT2D eigenvalue weighted by atomic mass is 16.5. The lowest BCUT2D eigenvalue weighted by molar-refractivity contribution is 0.0818. The molecule has 0 unspecified atom stereocenters. The molecule has 0 saturated heterocycles. The normalized spacial score (nSPS) is 15.4. The van der Waals surface area contributed by atoms with Gasteiger partial charge in [-0.25, -0.2) is 0 Å². The number of benzene rings is 1. The zero-order chi connectivity index (χ0) is 21.0. The Morgan fingerprint density at radius 3 is 2.76 bits per heavy atom. The number of amides is 1. The van der Waals surface area contributed by atoms with Crippen LogP contribution in [0.3, 0.4) is 0 Å². The van der Waals surface area contributed by atoms with E-state index in [1.54, 1.807) is 0 Å². The summed E-state index contributed by atoms with van der Waals surface area (Å²) < 4.78 is 5.82. The topological polar surface area (TPSA) is 48.6 Å². The van der Waals surface area contributed by atoms with E-state index in [0.29, 0.717) is 18.8 Å². The quantitative estimate of drug-likeness (QED) is 0.738. The van der Waals surface area contributed by atoms with Gasteiger partial charge in [0.1, 0.15) is 18.1 Å². The minimum atomic E-state index is 0.00304. The molecule has 0 atom stereocenters. The van der Waals surface area contributed by atoms with Crippen molar-refractivity contribution in [3.63, 3.8) is 0 Å². The smallest absolute Gasteiger partial charge is 0.274 e. The molecule has 5 nitrogen and oxygen atoms in total. The summed E-state index contributed by atoms with van der Waals surface area (Å²) >= 11 is 0. The molecule has 29 heavy (non-hydrogen) atoms. The molecule has 154 valence electrons. The zero-order valence-corrected chi connectivity index (χ0v) is 18.1. The number of carbonyl (C=O) groups is 1. The first kappa shape index (κ1) is 20.9. The van der Waals surface area contributed by atoms with Crippen LogP contribution in [0.4, 0.5) is 0 Å². The minimum Gasteiger partial charge on any atom is -0.492 e. The number of aromatic amines is 1. The summed E-state index contributed by atoms with van der Waals surface area (Å²) in [5.74, 6) is 0.822. The first-order valence-electron chi connectivity index (χ1n) is 10.2. The fraction of sp³-hybridized carbons (Fsp3) is 0.375. The van der Waals surface area contributed by atoms with Crippen molar-refractivity contribution in [2.24, 2.45) is 0 Å². The van der Waals surface area contributed by atoms with E-state index in [-0.39, 0.29) is 5.91 Å². The molecule has 1 N–H and O–H groups in total. The minimum absolute atomic E-state index is 0.00304. The summed E-state index contributed by atoms with van der Waals surface area (Å²) in [7, 11) is 4.04. The number of hydrogen-bond donors (Lipinski definition) is 1. The zero-order valence-electron chi connectivity index (χ0n) is 18.1. The van der Waals surface area contributed by atoms with Crippen LogP contribution >= 0.6 is 0 Å². The van der Waals surface area contributed by atoms with Crippen LogP contribution < -0.4 is 4.74 Å². The highest BCUT2D eigenvalue weighted by molar-refractivity contribution is 5.99. The third kappa shape index (κ3) is 4.62. The maximum absolute atomic E-state index is 13.3. The van der Waals surface area contributed by atoms with Crippen molar-refractivity contribution in [1.82, 2.24) is 14.8 Å². The van der Waals surface area contributed by atoms with Gasteiger partial charge in [0.2, 0.25) is 0 Å². The maximum atomic E-state index is 13.3. The van der Waals surface area contributed by atoms with Crippen molar-refractivity contribution in [2.45, 2.75) is 27.2 Å². The van der Waals surface area contributed by atoms with Crippen LogP contribution in [0, 0.1) is 0 Å². The second-order valence-corrected chi connectivity index (χ2v) is 7.63. The van der Waals surface area contributed by atoms with Gasteiger partial charge in [-0.2, -0.15) is 0 Å². The summed E-state index contributed by atoms with van der Waals surface area (Å²) in [5, 5.41) is 0.983. The predicted octanol–water partition coefficient (Wildman–Crippen LogP) is 4.75. The summed E-state index contributed by atoms with van der Waals surface area (Å²) in [6.07, 6.45) is 7.01. The number of aromatic nitrogens is 1. The van der Waals surface area contributed by atoms with Gasteiger partial charge >= 0.3 is 0 Å². The van der Waals surface area contributed by atoms with Gasteiger partial charge in [-0.05, 0) is 77.2 Å². The molecule has 1 aliphatic heterocycles. The molecule has 2 heterocycles. The molecule has 3 rings (SSSR count). The van der Waals surface area contributed by atoms with Crippen LogP contribution in [0.15, 0.2) is 59.3 Å². The van der Waals surface area contributed by atoms with E-state index in [9.17, 15) is 4.79 Å². The van der Waals surface area contributed by atoms with Gasteiger partial charge in [0.05, 0.1) is 0 Å².